The van der Waals surface area contributed by atoms with Crippen LogP contribution in [-0.2, 0) is 33.5 Å². The number of imide groups is 2. The van der Waals surface area contributed by atoms with Gasteiger partial charge in [-0.25, -0.2) is 0 Å². The molecule has 9 heteroatoms. The third-order valence-electron chi connectivity index (χ3n) is 3.72. The summed E-state index contributed by atoms with van der Waals surface area (Å²) >= 11 is 0. The summed E-state index contributed by atoms with van der Waals surface area (Å²) in [5.74, 6) is -3.97. The molecule has 0 aliphatic carbocycles. The smallest absolute Gasteiger partial charge is 0.315 e. The van der Waals surface area contributed by atoms with Gasteiger partial charge in [-0.15, -0.1) is 0 Å². The molecule has 2 aliphatic rings. The first-order valence-electron chi connectivity index (χ1n) is 7.54. The average Bonchev–Trinajstić information content (AvgIpc) is 3.00. The normalized spacial score (nSPS) is 19.0. The number of carbonyl (C=O) groups is 6. The summed E-state index contributed by atoms with van der Waals surface area (Å²) in [4.78, 5) is 71.4. The van der Waals surface area contributed by atoms with Crippen LogP contribution in [0.2, 0.25) is 0 Å². The summed E-state index contributed by atoms with van der Waals surface area (Å²) in [6.45, 7) is 2.95. The Morgan fingerprint density at radius 1 is 0.760 bits per heavy atom. The highest BCUT2D eigenvalue weighted by molar-refractivity contribution is 6.14. The van der Waals surface area contributed by atoms with E-state index >= 15 is 0 Å². The lowest BCUT2D eigenvalue weighted by Crippen LogP contribution is -2.41. The molecule has 2 heterocycles. The van der Waals surface area contributed by atoms with Crippen molar-refractivity contribution in [3.05, 3.63) is 24.3 Å². The number of esters is 2. The number of hydrogen-bond donors (Lipinski definition) is 0. The van der Waals surface area contributed by atoms with Crippen molar-refractivity contribution in [1.29, 1.82) is 0 Å². The van der Waals surface area contributed by atoms with E-state index in [1.165, 1.54) is 13.8 Å². The molecule has 0 aromatic rings. The van der Waals surface area contributed by atoms with Crippen molar-refractivity contribution in [3.63, 3.8) is 0 Å². The van der Waals surface area contributed by atoms with Crippen molar-refractivity contribution in [2.75, 3.05) is 0 Å². The van der Waals surface area contributed by atoms with Crippen LogP contribution in [0.15, 0.2) is 24.3 Å². The van der Waals surface area contributed by atoms with Crippen LogP contribution < -0.4 is 0 Å². The molecule has 2 unspecified atom stereocenters. The van der Waals surface area contributed by atoms with Crippen LogP contribution in [0.4, 0.5) is 0 Å². The molecule has 0 saturated carbocycles. The fraction of sp³-hybridized carbons (Fsp3) is 0.375. The van der Waals surface area contributed by atoms with Gasteiger partial charge in [0.25, 0.3) is 23.6 Å². The maximum Gasteiger partial charge on any atom is 0.315 e. The molecule has 4 amide bonds. The minimum atomic E-state index is -0.908. The van der Waals surface area contributed by atoms with E-state index in [2.05, 4.69) is 4.74 Å². The van der Waals surface area contributed by atoms with Crippen molar-refractivity contribution in [1.82, 2.24) is 9.80 Å². The van der Waals surface area contributed by atoms with Gasteiger partial charge in [0.1, 0.15) is 0 Å². The number of carbonyl (C=O) groups excluding carboxylic acids is 6. The van der Waals surface area contributed by atoms with Crippen LogP contribution in [0.1, 0.15) is 26.7 Å². The first-order chi connectivity index (χ1) is 11.7. The second kappa shape index (κ2) is 7.20. The third kappa shape index (κ3) is 4.06. The van der Waals surface area contributed by atoms with Gasteiger partial charge in [0.2, 0.25) is 0 Å². The molecule has 0 N–H and O–H groups in total. The van der Waals surface area contributed by atoms with E-state index < -0.39 is 47.7 Å². The predicted octanol–water partition coefficient (Wildman–Crippen LogP) is -0.537. The fourth-order valence-electron chi connectivity index (χ4n) is 2.57. The molecule has 2 atom stereocenters. The van der Waals surface area contributed by atoms with Gasteiger partial charge in [0.15, 0.2) is 0 Å². The van der Waals surface area contributed by atoms with Crippen molar-refractivity contribution in [3.8, 4) is 0 Å². The van der Waals surface area contributed by atoms with Gasteiger partial charge in [-0.2, -0.15) is 0 Å². The Labute approximate surface area is 142 Å². The molecule has 0 aromatic heterocycles. The molecule has 0 aromatic carbocycles. The lowest BCUT2D eigenvalue weighted by atomic mass is 10.2. The number of hydrogen-bond acceptors (Lipinski definition) is 7. The second-order valence-corrected chi connectivity index (χ2v) is 5.71. The van der Waals surface area contributed by atoms with Crippen LogP contribution >= 0.6 is 0 Å². The molecular formula is C16H16N2O7. The average molecular weight is 348 g/mol. The summed E-state index contributed by atoms with van der Waals surface area (Å²) in [5.41, 5.74) is 0. The monoisotopic (exact) mass is 348 g/mol. The number of ether oxygens (including phenoxy) is 1. The molecule has 2 aliphatic heterocycles. The molecule has 132 valence electrons. The summed E-state index contributed by atoms with van der Waals surface area (Å²) in [6, 6.07) is -1.53. The summed E-state index contributed by atoms with van der Waals surface area (Å²) in [7, 11) is 0. The van der Waals surface area contributed by atoms with Gasteiger partial charge < -0.3 is 4.74 Å². The van der Waals surface area contributed by atoms with Crippen molar-refractivity contribution < 1.29 is 33.5 Å². The van der Waals surface area contributed by atoms with Crippen LogP contribution in [0.25, 0.3) is 0 Å². The highest BCUT2D eigenvalue weighted by Crippen LogP contribution is 2.14. The highest BCUT2D eigenvalue weighted by Gasteiger charge is 2.32. The lowest BCUT2D eigenvalue weighted by molar-refractivity contribution is -0.161. The Bertz CT molecular complexity index is 626. The van der Waals surface area contributed by atoms with Crippen molar-refractivity contribution >= 4 is 35.6 Å². The molecule has 0 saturated heterocycles. The molecule has 0 radical (unpaired) electrons. The van der Waals surface area contributed by atoms with Crippen molar-refractivity contribution in [2.45, 2.75) is 38.8 Å². The van der Waals surface area contributed by atoms with Gasteiger partial charge in [-0.3, -0.25) is 38.6 Å². The summed E-state index contributed by atoms with van der Waals surface area (Å²) in [6.07, 6.45) is 3.68. The number of rotatable bonds is 6. The van der Waals surface area contributed by atoms with Crippen LogP contribution in [0.5, 0.6) is 0 Å². The number of amides is 4. The van der Waals surface area contributed by atoms with Gasteiger partial charge in [-0.05, 0) is 13.8 Å². The lowest BCUT2D eigenvalue weighted by Gasteiger charge is -2.22. The standard InChI is InChI=1S/C16H16N2O7/c1-9(17-11(19)3-4-12(17)20)7-15(23)25-16(24)8-10(2)18-13(21)5-6-14(18)22/h3-6,9-10H,7-8H2,1-2H3. The SMILES string of the molecule is CC(CC(=O)OC(=O)CC(C)N1C(=O)C=CC1=O)N1C(=O)C=CC1=O. The molecular weight excluding hydrogens is 332 g/mol. The highest BCUT2D eigenvalue weighted by atomic mass is 16.6. The van der Waals surface area contributed by atoms with Crippen LogP contribution in [-0.4, -0.2) is 57.5 Å². The van der Waals surface area contributed by atoms with Gasteiger partial charge in [0.05, 0.1) is 12.8 Å². The molecule has 25 heavy (non-hydrogen) atoms. The summed E-state index contributed by atoms with van der Waals surface area (Å²) in [5, 5.41) is 0. The first kappa shape index (κ1) is 18.2. The van der Waals surface area contributed by atoms with E-state index in [0.717, 1.165) is 34.1 Å². The Balaban J connectivity index is 1.83. The quantitative estimate of drug-likeness (QED) is 0.359. The van der Waals surface area contributed by atoms with Crippen molar-refractivity contribution in [2.24, 2.45) is 0 Å². The van der Waals surface area contributed by atoms with Gasteiger partial charge >= 0.3 is 11.9 Å². The van der Waals surface area contributed by atoms with E-state index in [1.54, 1.807) is 0 Å². The zero-order chi connectivity index (χ0) is 18.7. The Morgan fingerprint density at radius 3 is 1.32 bits per heavy atom. The number of nitrogens with zero attached hydrogens (tertiary/aromatic N) is 2. The second-order valence-electron chi connectivity index (χ2n) is 5.71. The van der Waals surface area contributed by atoms with E-state index in [4.69, 9.17) is 0 Å². The minimum Gasteiger partial charge on any atom is -0.393 e. The topological polar surface area (TPSA) is 118 Å². The van der Waals surface area contributed by atoms with Crippen LogP contribution in [0.3, 0.4) is 0 Å². The maximum absolute atomic E-state index is 11.8. The van der Waals surface area contributed by atoms with Gasteiger partial charge in [0, 0.05) is 36.4 Å². The third-order valence-corrected chi connectivity index (χ3v) is 3.72. The largest absolute Gasteiger partial charge is 0.393 e. The molecule has 9 nitrogen and oxygen atoms in total. The van der Waals surface area contributed by atoms with E-state index in [-0.39, 0.29) is 12.8 Å². The summed E-state index contributed by atoms with van der Waals surface area (Å²) < 4.78 is 4.63. The molecule has 0 spiro atoms. The minimum absolute atomic E-state index is 0.345. The maximum atomic E-state index is 11.8. The molecule has 2 rings (SSSR count). The van der Waals surface area contributed by atoms with Crippen LogP contribution in [0, 0.1) is 0 Å². The Hall–Kier alpha value is -3.10. The predicted molar refractivity (Wildman–Crippen MR) is 81.2 cm³/mol. The zero-order valence-corrected chi connectivity index (χ0v) is 13.6. The molecule has 0 bridgehead atoms. The zero-order valence-electron chi connectivity index (χ0n) is 13.6. The van der Waals surface area contributed by atoms with E-state index in [9.17, 15) is 28.8 Å². The van der Waals surface area contributed by atoms with E-state index in [0.29, 0.717) is 0 Å². The fourth-order valence-corrected chi connectivity index (χ4v) is 2.57. The van der Waals surface area contributed by atoms with Gasteiger partial charge in [-0.1, -0.05) is 0 Å². The van der Waals surface area contributed by atoms with E-state index in [1.807, 2.05) is 0 Å². The Kier molecular flexibility index (Phi) is 5.26. The first-order valence-corrected chi connectivity index (χ1v) is 7.54. The molecule has 0 fully saturated rings. The Morgan fingerprint density at radius 2 is 1.04 bits per heavy atom.